The van der Waals surface area contributed by atoms with Crippen molar-refractivity contribution < 1.29 is 48.4 Å². The molecule has 3 atom stereocenters. The van der Waals surface area contributed by atoms with Gasteiger partial charge in [-0.2, -0.15) is 0 Å². The van der Waals surface area contributed by atoms with Crippen LogP contribution in [0.4, 0.5) is 4.79 Å². The van der Waals surface area contributed by atoms with E-state index in [4.69, 9.17) is 31.5 Å². The van der Waals surface area contributed by atoms with Crippen molar-refractivity contribution in [3.8, 4) is 5.75 Å². The van der Waals surface area contributed by atoms with Crippen molar-refractivity contribution in [2.45, 2.75) is 92.5 Å². The lowest BCUT2D eigenvalue weighted by molar-refractivity contribution is -0.171. The minimum absolute atomic E-state index is 0.00467. The first-order valence-electron chi connectivity index (χ1n) is 17.5. The van der Waals surface area contributed by atoms with Crippen molar-refractivity contribution in [3.05, 3.63) is 76.3 Å². The van der Waals surface area contributed by atoms with Crippen molar-refractivity contribution >= 4 is 41.4 Å². The zero-order chi connectivity index (χ0) is 40.1. The molecule has 14 heteroatoms. The van der Waals surface area contributed by atoms with Gasteiger partial charge in [0.2, 0.25) is 0 Å². The molecule has 6 N–H and O–H groups in total. The average molecular weight is 762 g/mol. The smallest absolute Gasteiger partial charge is 0.345 e. The zero-order valence-corrected chi connectivity index (χ0v) is 32.5. The van der Waals surface area contributed by atoms with Crippen LogP contribution in [-0.2, 0) is 48.1 Å². The number of aliphatic hydroxyl groups excluding tert-OH is 1. The molecule has 0 aliphatic heterocycles. The van der Waals surface area contributed by atoms with Crippen molar-refractivity contribution in [2.75, 3.05) is 20.2 Å². The third kappa shape index (κ3) is 18.7. The van der Waals surface area contributed by atoms with Gasteiger partial charge in [-0.3, -0.25) is 19.7 Å². The van der Waals surface area contributed by atoms with Crippen LogP contribution in [0, 0.1) is 17.3 Å². The van der Waals surface area contributed by atoms with Crippen LogP contribution in [-0.4, -0.2) is 72.5 Å². The van der Waals surface area contributed by atoms with Gasteiger partial charge in [-0.15, -0.1) is 0 Å². The van der Waals surface area contributed by atoms with E-state index < -0.39 is 47.5 Å². The molecule has 2 rings (SSSR count). The minimum Gasteiger partial charge on any atom is -0.495 e. The summed E-state index contributed by atoms with van der Waals surface area (Å²) in [5.41, 5.74) is 6.97. The highest BCUT2D eigenvalue weighted by molar-refractivity contribution is 6.32. The first kappa shape index (κ1) is 46.6. The van der Waals surface area contributed by atoms with E-state index in [0.29, 0.717) is 24.3 Å². The monoisotopic (exact) mass is 761 g/mol. The fourth-order valence-electron chi connectivity index (χ4n) is 4.60. The number of carbonyl (C=O) groups is 5. The molecular weight excluding hydrogens is 706 g/mol. The number of aryl methyl sites for hydroxylation is 1. The maximum absolute atomic E-state index is 12.5. The molecule has 294 valence electrons. The molecule has 53 heavy (non-hydrogen) atoms. The van der Waals surface area contributed by atoms with Gasteiger partial charge in [-0.05, 0) is 92.7 Å². The van der Waals surface area contributed by atoms with Gasteiger partial charge in [0.05, 0.1) is 30.2 Å². The second kappa shape index (κ2) is 24.0. The summed E-state index contributed by atoms with van der Waals surface area (Å²) in [4.78, 5) is 59.2. The van der Waals surface area contributed by atoms with E-state index in [-0.39, 0.29) is 38.0 Å². The molecular formula is C39H56ClN3O10. The molecule has 0 heterocycles. The number of urea groups is 1. The standard InChI is InChI=1S/C30H45N3O9.C9H11ClO/c1-19(2)14-24(27(37)38)42-28(39)30(4,5)18-32-29(40)33-25(35)9-7-6-8-20(3)23(34)15-21-10-12-22(13-11-21)17-41-26(36)16-31;1-3-7-4-5-9(11-2)8(10)6-7/h7,9-13,19-20,23-24,34H,6,8,14-18,31H2,1-5H3,(H,37,38)(H2,32,33,35,40);4-6H,3H2,1-2H3/b9-7+;. The Hall–Kier alpha value is -4.46. The van der Waals surface area contributed by atoms with E-state index in [1.54, 1.807) is 13.2 Å². The molecule has 2 aromatic rings. The Morgan fingerprint density at radius 3 is 2.17 bits per heavy atom. The van der Waals surface area contributed by atoms with Crippen LogP contribution in [0.1, 0.15) is 77.5 Å². The zero-order valence-electron chi connectivity index (χ0n) is 31.8. The molecule has 0 saturated carbocycles. The number of benzene rings is 2. The van der Waals surface area contributed by atoms with Gasteiger partial charge in [-0.1, -0.05) is 75.7 Å². The van der Waals surface area contributed by atoms with Crippen molar-refractivity contribution in [1.82, 2.24) is 10.6 Å². The number of aliphatic hydroxyl groups is 1. The molecule has 3 amide bonds. The first-order chi connectivity index (χ1) is 24.9. The molecule has 0 fully saturated rings. The Balaban J connectivity index is 0.00000108. The second-order valence-electron chi connectivity index (χ2n) is 13.6. The number of halogens is 1. The highest BCUT2D eigenvalue weighted by atomic mass is 35.5. The van der Waals surface area contributed by atoms with E-state index >= 15 is 0 Å². The highest BCUT2D eigenvalue weighted by Gasteiger charge is 2.34. The van der Waals surface area contributed by atoms with E-state index in [2.05, 4.69) is 17.6 Å². The van der Waals surface area contributed by atoms with E-state index in [0.717, 1.165) is 23.3 Å². The van der Waals surface area contributed by atoms with Crippen molar-refractivity contribution in [3.63, 3.8) is 0 Å². The SMILES string of the molecule is CC(C)CC(OC(=O)C(C)(C)CNC(=O)NC(=O)/C=C/CCC(C)C(O)Cc1ccc(COC(=O)CN)cc1)C(=O)O.CCc1ccc(OC)c(Cl)c1. The summed E-state index contributed by atoms with van der Waals surface area (Å²) in [6, 6.07) is 12.4. The highest BCUT2D eigenvalue weighted by Crippen LogP contribution is 2.25. The van der Waals surface area contributed by atoms with Crippen LogP contribution < -0.4 is 21.1 Å². The molecule has 0 radical (unpaired) electrons. The number of hydrogen-bond acceptors (Lipinski definition) is 10. The number of aliphatic carboxylic acids is 1. The van der Waals surface area contributed by atoms with Gasteiger partial charge in [0.25, 0.3) is 5.91 Å². The normalized spacial score (nSPS) is 12.9. The number of ether oxygens (including phenoxy) is 3. The number of nitrogens with two attached hydrogens (primary N) is 1. The second-order valence-corrected chi connectivity index (χ2v) is 14.1. The maximum atomic E-state index is 12.5. The summed E-state index contributed by atoms with van der Waals surface area (Å²) in [5.74, 6) is -2.46. The molecule has 0 bridgehead atoms. The van der Waals surface area contributed by atoms with E-state index in [1.807, 2.05) is 63.2 Å². The lowest BCUT2D eigenvalue weighted by atomic mass is 9.93. The Kier molecular flexibility index (Phi) is 21.1. The number of hydrogen-bond donors (Lipinski definition) is 5. The summed E-state index contributed by atoms with van der Waals surface area (Å²) in [7, 11) is 1.62. The quantitative estimate of drug-likeness (QED) is 0.0910. The van der Waals surface area contributed by atoms with Gasteiger partial charge in [-0.25, -0.2) is 9.59 Å². The third-order valence-corrected chi connectivity index (χ3v) is 8.36. The van der Waals surface area contributed by atoms with E-state index in [1.165, 1.54) is 25.5 Å². The molecule has 2 aromatic carbocycles. The van der Waals surface area contributed by atoms with E-state index in [9.17, 15) is 34.2 Å². The predicted molar refractivity (Wildman–Crippen MR) is 202 cm³/mol. The Morgan fingerprint density at radius 1 is 1.00 bits per heavy atom. The van der Waals surface area contributed by atoms with Gasteiger partial charge in [0, 0.05) is 6.54 Å². The molecule has 0 saturated heterocycles. The number of carboxylic acids is 1. The van der Waals surface area contributed by atoms with Crippen molar-refractivity contribution in [1.29, 1.82) is 0 Å². The van der Waals surface area contributed by atoms with Crippen LogP contribution in [0.15, 0.2) is 54.6 Å². The van der Waals surface area contributed by atoms with Gasteiger partial charge < -0.3 is 35.5 Å². The minimum atomic E-state index is -1.28. The van der Waals surface area contributed by atoms with Crippen LogP contribution in [0.2, 0.25) is 5.02 Å². The number of esters is 2. The number of amides is 3. The molecule has 13 nitrogen and oxygen atoms in total. The number of carbonyl (C=O) groups excluding carboxylic acids is 4. The summed E-state index contributed by atoms with van der Waals surface area (Å²) < 4.78 is 15.1. The predicted octanol–water partition coefficient (Wildman–Crippen LogP) is 5.37. The van der Waals surface area contributed by atoms with Gasteiger partial charge in [0.15, 0.2) is 6.10 Å². The summed E-state index contributed by atoms with van der Waals surface area (Å²) in [5, 5.41) is 25.1. The van der Waals surface area contributed by atoms with Gasteiger partial charge in [0.1, 0.15) is 12.4 Å². The van der Waals surface area contributed by atoms with Gasteiger partial charge >= 0.3 is 23.9 Å². The Bertz CT molecular complexity index is 1510. The van der Waals surface area contributed by atoms with Crippen LogP contribution >= 0.6 is 11.6 Å². The lowest BCUT2D eigenvalue weighted by Gasteiger charge is -2.25. The fourth-order valence-corrected chi connectivity index (χ4v) is 4.88. The number of methoxy groups -OCH3 is 1. The number of rotatable bonds is 19. The lowest BCUT2D eigenvalue weighted by Crippen LogP contribution is -2.46. The summed E-state index contributed by atoms with van der Waals surface area (Å²) in [6.45, 7) is 10.4. The number of carboxylic acid groups (broad SMARTS) is 1. The number of nitrogens with one attached hydrogen (secondary N) is 2. The van der Waals surface area contributed by atoms with Crippen LogP contribution in [0.3, 0.4) is 0 Å². The number of imide groups is 1. The largest absolute Gasteiger partial charge is 0.495 e. The molecule has 3 unspecified atom stereocenters. The molecule has 0 aromatic heterocycles. The molecule has 0 spiro atoms. The fraction of sp³-hybridized carbons (Fsp3) is 0.513. The maximum Gasteiger partial charge on any atom is 0.345 e. The van der Waals surface area contributed by atoms with Crippen molar-refractivity contribution in [2.24, 2.45) is 23.0 Å². The Morgan fingerprint density at radius 2 is 1.62 bits per heavy atom. The third-order valence-electron chi connectivity index (χ3n) is 8.06. The number of allylic oxidation sites excluding steroid dienone is 1. The summed E-state index contributed by atoms with van der Waals surface area (Å²) >= 11 is 5.88. The molecule has 0 aliphatic rings. The van der Waals surface area contributed by atoms with Crippen LogP contribution in [0.5, 0.6) is 5.75 Å². The van der Waals surface area contributed by atoms with Crippen LogP contribution in [0.25, 0.3) is 0 Å². The Labute approximate surface area is 317 Å². The average Bonchev–Trinajstić information content (AvgIpc) is 3.11. The summed E-state index contributed by atoms with van der Waals surface area (Å²) in [6.07, 6.45) is 3.64. The topological polar surface area (TPSA) is 204 Å². The molecule has 0 aliphatic carbocycles. The first-order valence-corrected chi connectivity index (χ1v) is 17.9.